The van der Waals surface area contributed by atoms with Crippen molar-refractivity contribution in [3.8, 4) is 0 Å². The zero-order chi connectivity index (χ0) is 13.4. The van der Waals surface area contributed by atoms with Crippen molar-refractivity contribution in [3.05, 3.63) is 0 Å². The van der Waals surface area contributed by atoms with E-state index in [0.29, 0.717) is 6.54 Å². The highest BCUT2D eigenvalue weighted by molar-refractivity contribution is 5.72. The van der Waals surface area contributed by atoms with E-state index in [0.717, 1.165) is 38.8 Å². The van der Waals surface area contributed by atoms with Gasteiger partial charge >= 0.3 is 5.97 Å². The fourth-order valence-corrected chi connectivity index (χ4v) is 2.47. The fourth-order valence-electron chi connectivity index (χ4n) is 2.47. The fraction of sp³-hybridized carbons (Fsp3) is 0.929. The molecule has 1 unspecified atom stereocenters. The summed E-state index contributed by atoms with van der Waals surface area (Å²) in [6.07, 6.45) is 4.81. The Hall–Kier alpha value is -0.610. The molecule has 0 amide bonds. The topological polar surface area (TPSA) is 49.8 Å². The van der Waals surface area contributed by atoms with Crippen molar-refractivity contribution in [3.63, 3.8) is 0 Å². The average molecular weight is 257 g/mol. The molecule has 1 N–H and O–H groups in total. The van der Waals surface area contributed by atoms with Crippen LogP contribution in [0.15, 0.2) is 0 Å². The number of nitrogens with zero attached hydrogens (tertiary/aromatic N) is 1. The van der Waals surface area contributed by atoms with Crippen molar-refractivity contribution in [2.75, 3.05) is 26.2 Å². The summed E-state index contributed by atoms with van der Waals surface area (Å²) in [6.45, 7) is 6.64. The van der Waals surface area contributed by atoms with Gasteiger partial charge in [0, 0.05) is 6.54 Å². The summed E-state index contributed by atoms with van der Waals surface area (Å²) < 4.78 is 5.22. The number of hydrogen-bond acceptors (Lipinski definition) is 4. The zero-order valence-electron chi connectivity index (χ0n) is 11.7. The lowest BCUT2D eigenvalue weighted by atomic mass is 9.89. The van der Waals surface area contributed by atoms with Crippen LogP contribution in [0.2, 0.25) is 0 Å². The molecule has 0 aromatic carbocycles. The van der Waals surface area contributed by atoms with E-state index in [1.807, 2.05) is 0 Å². The largest absolute Gasteiger partial charge is 0.463 e. The van der Waals surface area contributed by atoms with E-state index in [-0.39, 0.29) is 18.5 Å². The number of aliphatic hydroxyl groups excluding tert-OH is 1. The van der Waals surface area contributed by atoms with Gasteiger partial charge in [0.15, 0.2) is 0 Å². The van der Waals surface area contributed by atoms with E-state index in [9.17, 15) is 9.90 Å². The molecular weight excluding hydrogens is 230 g/mol. The van der Waals surface area contributed by atoms with Gasteiger partial charge < -0.3 is 14.7 Å². The Bertz CT molecular complexity index is 235. The van der Waals surface area contributed by atoms with Crippen LogP contribution in [0.3, 0.4) is 0 Å². The number of carbonyl (C=O) groups is 1. The summed E-state index contributed by atoms with van der Waals surface area (Å²) in [6, 6.07) is 0. The molecule has 0 saturated heterocycles. The first-order chi connectivity index (χ1) is 8.67. The molecule has 106 valence electrons. The highest BCUT2D eigenvalue weighted by Crippen LogP contribution is 2.24. The molecule has 0 heterocycles. The summed E-state index contributed by atoms with van der Waals surface area (Å²) in [7, 11) is 0. The Kier molecular flexibility index (Phi) is 7.28. The van der Waals surface area contributed by atoms with Crippen LogP contribution >= 0.6 is 0 Å². The maximum Gasteiger partial charge on any atom is 0.309 e. The van der Waals surface area contributed by atoms with Gasteiger partial charge in [-0.2, -0.15) is 0 Å². The monoisotopic (exact) mass is 257 g/mol. The molecule has 0 radical (unpaired) electrons. The lowest BCUT2D eigenvalue weighted by Gasteiger charge is -2.23. The van der Waals surface area contributed by atoms with Gasteiger partial charge in [0.25, 0.3) is 0 Å². The maximum absolute atomic E-state index is 11.8. The van der Waals surface area contributed by atoms with Crippen LogP contribution in [-0.4, -0.2) is 48.3 Å². The van der Waals surface area contributed by atoms with Gasteiger partial charge in [-0.3, -0.25) is 4.79 Å². The summed E-state index contributed by atoms with van der Waals surface area (Å²) >= 11 is 0. The molecule has 0 aromatic rings. The first-order valence-electron chi connectivity index (χ1n) is 7.24. The van der Waals surface area contributed by atoms with Crippen LogP contribution in [0.25, 0.3) is 0 Å². The first kappa shape index (κ1) is 15.4. The third-order valence-corrected chi connectivity index (χ3v) is 3.72. The van der Waals surface area contributed by atoms with E-state index in [1.165, 1.54) is 6.42 Å². The molecule has 18 heavy (non-hydrogen) atoms. The maximum atomic E-state index is 11.8. The normalized spacial score (nSPS) is 18.9. The van der Waals surface area contributed by atoms with Crippen LogP contribution < -0.4 is 0 Å². The third kappa shape index (κ3) is 5.36. The van der Waals surface area contributed by atoms with Crippen molar-refractivity contribution in [2.24, 2.45) is 5.92 Å². The lowest BCUT2D eigenvalue weighted by Crippen LogP contribution is -2.36. The Morgan fingerprint density at radius 1 is 1.28 bits per heavy atom. The SMILES string of the molecule is CCN(CC)CC(O)COC(=O)C1CCCCC1. The third-order valence-electron chi connectivity index (χ3n) is 3.72. The van der Waals surface area contributed by atoms with Crippen LogP contribution in [0.4, 0.5) is 0 Å². The average Bonchev–Trinajstić information content (AvgIpc) is 2.43. The second-order valence-corrected chi connectivity index (χ2v) is 5.10. The van der Waals surface area contributed by atoms with E-state index < -0.39 is 6.10 Å². The molecule has 1 aliphatic rings. The summed E-state index contributed by atoms with van der Waals surface area (Å²) in [5, 5.41) is 9.81. The molecule has 1 aliphatic carbocycles. The Balaban J connectivity index is 2.20. The van der Waals surface area contributed by atoms with E-state index in [4.69, 9.17) is 4.74 Å². The molecular formula is C14H27NO3. The molecule has 4 heteroatoms. The predicted molar refractivity (Wildman–Crippen MR) is 71.3 cm³/mol. The van der Waals surface area contributed by atoms with Gasteiger partial charge in [0.1, 0.15) is 12.7 Å². The number of ether oxygens (including phenoxy) is 1. The number of likely N-dealkylation sites (N-methyl/N-ethyl adjacent to an activating group) is 1. The standard InChI is InChI=1S/C14H27NO3/c1-3-15(4-2)10-13(16)11-18-14(17)12-8-6-5-7-9-12/h12-13,16H,3-11H2,1-2H3. The van der Waals surface area contributed by atoms with Crippen LogP contribution in [0.5, 0.6) is 0 Å². The summed E-state index contributed by atoms with van der Waals surface area (Å²) in [5.74, 6) is -0.0484. The number of hydrogen-bond donors (Lipinski definition) is 1. The minimum atomic E-state index is -0.572. The summed E-state index contributed by atoms with van der Waals surface area (Å²) in [4.78, 5) is 13.9. The molecule has 1 atom stereocenters. The molecule has 0 aliphatic heterocycles. The van der Waals surface area contributed by atoms with Gasteiger partial charge in [-0.25, -0.2) is 0 Å². The van der Waals surface area contributed by atoms with E-state index in [2.05, 4.69) is 18.7 Å². The number of rotatable bonds is 7. The van der Waals surface area contributed by atoms with Gasteiger partial charge in [0.2, 0.25) is 0 Å². The quantitative estimate of drug-likeness (QED) is 0.707. The highest BCUT2D eigenvalue weighted by Gasteiger charge is 2.23. The molecule has 1 saturated carbocycles. The van der Waals surface area contributed by atoms with Crippen LogP contribution in [0, 0.1) is 5.92 Å². The van der Waals surface area contributed by atoms with E-state index in [1.54, 1.807) is 0 Å². The first-order valence-corrected chi connectivity index (χ1v) is 7.24. The van der Waals surface area contributed by atoms with Gasteiger partial charge in [-0.1, -0.05) is 33.1 Å². The van der Waals surface area contributed by atoms with E-state index >= 15 is 0 Å². The zero-order valence-corrected chi connectivity index (χ0v) is 11.7. The van der Waals surface area contributed by atoms with Crippen LogP contribution in [-0.2, 0) is 9.53 Å². The second kappa shape index (κ2) is 8.48. The van der Waals surface area contributed by atoms with Crippen LogP contribution in [0.1, 0.15) is 46.0 Å². The predicted octanol–water partition coefficient (Wildman–Crippen LogP) is 1.81. The number of esters is 1. The highest BCUT2D eigenvalue weighted by atomic mass is 16.5. The van der Waals surface area contributed by atoms with Gasteiger partial charge in [0.05, 0.1) is 5.92 Å². The van der Waals surface area contributed by atoms with Crippen molar-refractivity contribution in [1.82, 2.24) is 4.90 Å². The van der Waals surface area contributed by atoms with Crippen molar-refractivity contribution >= 4 is 5.97 Å². The summed E-state index contributed by atoms with van der Waals surface area (Å²) in [5.41, 5.74) is 0. The number of carbonyl (C=O) groups excluding carboxylic acids is 1. The van der Waals surface area contributed by atoms with Gasteiger partial charge in [-0.05, 0) is 25.9 Å². The number of aliphatic hydroxyl groups is 1. The molecule has 4 nitrogen and oxygen atoms in total. The van der Waals surface area contributed by atoms with Crippen molar-refractivity contribution < 1.29 is 14.6 Å². The van der Waals surface area contributed by atoms with Crippen molar-refractivity contribution in [2.45, 2.75) is 52.1 Å². The van der Waals surface area contributed by atoms with Crippen molar-refractivity contribution in [1.29, 1.82) is 0 Å². The smallest absolute Gasteiger partial charge is 0.309 e. The Morgan fingerprint density at radius 2 is 1.89 bits per heavy atom. The minimum Gasteiger partial charge on any atom is -0.463 e. The lowest BCUT2D eigenvalue weighted by molar-refractivity contribution is -0.153. The Labute approximate surface area is 110 Å². The van der Waals surface area contributed by atoms with Gasteiger partial charge in [-0.15, -0.1) is 0 Å². The second-order valence-electron chi connectivity index (χ2n) is 5.10. The Morgan fingerprint density at radius 3 is 2.44 bits per heavy atom. The molecule has 1 fully saturated rings. The minimum absolute atomic E-state index is 0.0689. The molecule has 0 spiro atoms. The molecule has 0 bridgehead atoms. The molecule has 0 aromatic heterocycles. The molecule has 1 rings (SSSR count).